The molecule has 0 fully saturated rings. The first-order chi connectivity index (χ1) is 14.7. The molecule has 1 N–H and O–H groups in total. The van der Waals surface area contributed by atoms with Crippen LogP contribution < -0.4 is 0 Å². The summed E-state index contributed by atoms with van der Waals surface area (Å²) < 4.78 is 2.03. The first-order valence-corrected chi connectivity index (χ1v) is 10.1. The molecular formula is C24H22N4O2. The number of phenolic OH excluding ortho intramolecular Hbond substituents is 1. The van der Waals surface area contributed by atoms with Crippen LogP contribution in [-0.4, -0.2) is 37.0 Å². The van der Waals surface area contributed by atoms with E-state index in [9.17, 15) is 9.90 Å². The third-order valence-electron chi connectivity index (χ3n) is 5.68. The molecule has 0 saturated heterocycles. The number of aromatic nitrogens is 3. The summed E-state index contributed by atoms with van der Waals surface area (Å²) in [6.45, 7) is 1.95. The first kappa shape index (κ1) is 18.4. The quantitative estimate of drug-likeness (QED) is 0.570. The maximum atomic E-state index is 13.0. The zero-order valence-electron chi connectivity index (χ0n) is 16.5. The number of phenols is 1. The number of aryl methyl sites for hydroxylation is 2. The fourth-order valence-electron chi connectivity index (χ4n) is 4.02. The van der Waals surface area contributed by atoms with Crippen molar-refractivity contribution in [1.29, 1.82) is 0 Å². The highest BCUT2D eigenvalue weighted by atomic mass is 16.3. The van der Waals surface area contributed by atoms with Gasteiger partial charge in [-0.3, -0.25) is 4.79 Å². The van der Waals surface area contributed by atoms with Gasteiger partial charge in [0.1, 0.15) is 11.3 Å². The van der Waals surface area contributed by atoms with Gasteiger partial charge in [-0.05, 0) is 47.7 Å². The lowest BCUT2D eigenvalue weighted by atomic mass is 9.99. The molecule has 2 aromatic carbocycles. The fraction of sp³-hybridized carbons (Fsp3) is 0.208. The van der Waals surface area contributed by atoms with Crippen LogP contribution in [0.5, 0.6) is 5.75 Å². The molecule has 0 bridgehead atoms. The lowest BCUT2D eigenvalue weighted by Gasteiger charge is -2.29. The zero-order chi connectivity index (χ0) is 20.5. The maximum absolute atomic E-state index is 13.0. The van der Waals surface area contributed by atoms with Crippen LogP contribution in [0.2, 0.25) is 0 Å². The van der Waals surface area contributed by atoms with Gasteiger partial charge in [0.2, 0.25) is 0 Å². The molecule has 0 saturated carbocycles. The molecule has 0 atom stereocenters. The van der Waals surface area contributed by atoms with E-state index in [0.29, 0.717) is 18.7 Å². The highest BCUT2D eigenvalue weighted by Gasteiger charge is 2.23. The zero-order valence-corrected chi connectivity index (χ0v) is 16.5. The van der Waals surface area contributed by atoms with Crippen molar-refractivity contribution in [3.8, 4) is 5.75 Å². The molecule has 0 unspecified atom stereocenters. The summed E-state index contributed by atoms with van der Waals surface area (Å²) in [6, 6.07) is 17.5. The minimum atomic E-state index is -0.0399. The maximum Gasteiger partial charge on any atom is 0.255 e. The van der Waals surface area contributed by atoms with E-state index in [1.54, 1.807) is 24.7 Å². The molecule has 1 amide bonds. The average molecular weight is 398 g/mol. The van der Waals surface area contributed by atoms with Gasteiger partial charge in [0.05, 0.1) is 11.9 Å². The number of fused-ring (bicyclic) bond motifs is 2. The summed E-state index contributed by atoms with van der Waals surface area (Å²) in [6.07, 6.45) is 5.08. The SMILES string of the molecule is O=C(c1cnc2c(c1)ncn2CCc1ccccc1)N1CCc2cc(O)ccc2C1. The molecule has 6 heteroatoms. The summed E-state index contributed by atoms with van der Waals surface area (Å²) >= 11 is 0. The van der Waals surface area contributed by atoms with Crippen LogP contribution in [0.25, 0.3) is 11.2 Å². The molecule has 6 nitrogen and oxygen atoms in total. The molecule has 0 radical (unpaired) electrons. The van der Waals surface area contributed by atoms with E-state index >= 15 is 0 Å². The summed E-state index contributed by atoms with van der Waals surface area (Å²) in [5.74, 6) is 0.230. The Hall–Kier alpha value is -3.67. The largest absolute Gasteiger partial charge is 0.508 e. The number of rotatable bonds is 4. The second-order valence-corrected chi connectivity index (χ2v) is 7.67. The first-order valence-electron chi connectivity index (χ1n) is 10.1. The Morgan fingerprint density at radius 3 is 2.77 bits per heavy atom. The molecular weight excluding hydrogens is 376 g/mol. The molecule has 4 aromatic rings. The van der Waals surface area contributed by atoms with Gasteiger partial charge in [0.25, 0.3) is 5.91 Å². The Balaban J connectivity index is 1.33. The Bertz CT molecular complexity index is 1220. The summed E-state index contributed by atoms with van der Waals surface area (Å²) in [5, 5.41) is 9.65. The van der Waals surface area contributed by atoms with E-state index in [4.69, 9.17) is 0 Å². The van der Waals surface area contributed by atoms with Crippen LogP contribution in [0.1, 0.15) is 27.0 Å². The number of benzene rings is 2. The summed E-state index contributed by atoms with van der Waals surface area (Å²) in [4.78, 5) is 23.9. The Morgan fingerprint density at radius 2 is 1.90 bits per heavy atom. The highest BCUT2D eigenvalue weighted by Crippen LogP contribution is 2.24. The third-order valence-corrected chi connectivity index (χ3v) is 5.68. The Kier molecular flexibility index (Phi) is 4.67. The topological polar surface area (TPSA) is 71.2 Å². The van der Waals surface area contributed by atoms with Crippen molar-refractivity contribution < 1.29 is 9.90 Å². The molecule has 30 heavy (non-hydrogen) atoms. The average Bonchev–Trinajstić information content (AvgIpc) is 3.19. The van der Waals surface area contributed by atoms with Crippen molar-refractivity contribution >= 4 is 17.1 Å². The van der Waals surface area contributed by atoms with E-state index < -0.39 is 0 Å². The van der Waals surface area contributed by atoms with E-state index in [1.807, 2.05) is 39.8 Å². The van der Waals surface area contributed by atoms with Crippen molar-refractivity contribution in [1.82, 2.24) is 19.4 Å². The van der Waals surface area contributed by atoms with E-state index in [2.05, 4.69) is 22.1 Å². The predicted octanol–water partition coefficient (Wildman–Crippen LogP) is 3.58. The van der Waals surface area contributed by atoms with Gasteiger partial charge in [-0.2, -0.15) is 0 Å². The predicted molar refractivity (Wildman–Crippen MR) is 114 cm³/mol. The van der Waals surface area contributed by atoms with Gasteiger partial charge in [-0.25, -0.2) is 9.97 Å². The van der Waals surface area contributed by atoms with Crippen molar-refractivity contribution in [2.75, 3.05) is 6.54 Å². The minimum absolute atomic E-state index is 0.0399. The number of pyridine rings is 1. The number of imidazole rings is 1. The normalized spacial score (nSPS) is 13.4. The van der Waals surface area contributed by atoms with Crippen LogP contribution in [-0.2, 0) is 25.9 Å². The van der Waals surface area contributed by atoms with Gasteiger partial charge < -0.3 is 14.6 Å². The molecule has 0 aliphatic carbocycles. The summed E-state index contributed by atoms with van der Waals surface area (Å²) in [7, 11) is 0. The molecule has 1 aliphatic heterocycles. The number of nitrogens with zero attached hydrogens (tertiary/aromatic N) is 4. The molecule has 3 heterocycles. The number of amides is 1. The van der Waals surface area contributed by atoms with Crippen molar-refractivity contribution in [2.24, 2.45) is 0 Å². The van der Waals surface area contributed by atoms with Crippen LogP contribution in [0.4, 0.5) is 0 Å². The van der Waals surface area contributed by atoms with Gasteiger partial charge in [-0.1, -0.05) is 36.4 Å². The van der Waals surface area contributed by atoms with Crippen molar-refractivity contribution in [3.05, 3.63) is 89.4 Å². The lowest BCUT2D eigenvalue weighted by molar-refractivity contribution is 0.0734. The minimum Gasteiger partial charge on any atom is -0.508 e. The molecule has 1 aliphatic rings. The molecule has 150 valence electrons. The van der Waals surface area contributed by atoms with Gasteiger partial charge in [-0.15, -0.1) is 0 Å². The Morgan fingerprint density at radius 1 is 1.03 bits per heavy atom. The van der Waals surface area contributed by atoms with Crippen LogP contribution in [0.15, 0.2) is 67.1 Å². The third kappa shape index (κ3) is 3.52. The van der Waals surface area contributed by atoms with E-state index in [1.165, 1.54) is 5.56 Å². The summed E-state index contributed by atoms with van der Waals surface area (Å²) in [5.41, 5.74) is 5.53. The van der Waals surface area contributed by atoms with E-state index in [-0.39, 0.29) is 11.7 Å². The number of hydrogen-bond acceptors (Lipinski definition) is 4. The smallest absolute Gasteiger partial charge is 0.255 e. The standard InChI is InChI=1S/C24H22N4O2/c29-21-7-6-19-15-27(11-9-18(19)12-21)24(30)20-13-22-23(25-14-20)28(16-26-22)10-8-17-4-2-1-3-5-17/h1-7,12-14,16,29H,8-11,15H2. The lowest BCUT2D eigenvalue weighted by Crippen LogP contribution is -2.36. The van der Waals surface area contributed by atoms with Crippen LogP contribution >= 0.6 is 0 Å². The number of aromatic hydroxyl groups is 1. The second-order valence-electron chi connectivity index (χ2n) is 7.67. The van der Waals surface area contributed by atoms with Crippen LogP contribution in [0.3, 0.4) is 0 Å². The number of carbonyl (C=O) groups is 1. The molecule has 0 spiro atoms. The van der Waals surface area contributed by atoms with Gasteiger partial charge >= 0.3 is 0 Å². The number of carbonyl (C=O) groups excluding carboxylic acids is 1. The van der Waals surface area contributed by atoms with Crippen molar-refractivity contribution in [2.45, 2.75) is 25.9 Å². The fourth-order valence-corrected chi connectivity index (χ4v) is 4.02. The van der Waals surface area contributed by atoms with Crippen molar-refractivity contribution in [3.63, 3.8) is 0 Å². The van der Waals surface area contributed by atoms with Gasteiger partial charge in [0, 0.05) is 25.8 Å². The Labute approximate surface area is 174 Å². The number of hydrogen-bond donors (Lipinski definition) is 1. The van der Waals surface area contributed by atoms with Crippen LogP contribution in [0, 0.1) is 0 Å². The molecule has 2 aromatic heterocycles. The second kappa shape index (κ2) is 7.63. The van der Waals surface area contributed by atoms with E-state index in [0.717, 1.165) is 41.7 Å². The highest BCUT2D eigenvalue weighted by molar-refractivity contribution is 5.96. The monoisotopic (exact) mass is 398 g/mol. The molecule has 5 rings (SSSR count). The van der Waals surface area contributed by atoms with Gasteiger partial charge in [0.15, 0.2) is 5.65 Å².